The maximum Gasteiger partial charge on any atom is 0.401 e. The molecule has 0 radical (unpaired) electrons. The summed E-state index contributed by atoms with van der Waals surface area (Å²) in [6.45, 7) is 2.63. The molecule has 0 aromatic rings. The van der Waals surface area contributed by atoms with Crippen LogP contribution in [0.25, 0.3) is 0 Å². The van der Waals surface area contributed by atoms with Gasteiger partial charge in [0.1, 0.15) is 0 Å². The molecular weight excluding hydrogens is 191 g/mol. The first-order chi connectivity index (χ1) is 6.51. The monoisotopic (exact) mass is 209 g/mol. The maximum atomic E-state index is 12.0. The highest BCUT2D eigenvalue weighted by molar-refractivity contribution is 4.73. The van der Waals surface area contributed by atoms with Crippen LogP contribution in [0, 0.1) is 5.92 Å². The minimum atomic E-state index is -4.03. The number of hydrogen-bond acceptors (Lipinski definition) is 1. The molecule has 14 heavy (non-hydrogen) atoms. The van der Waals surface area contributed by atoms with Gasteiger partial charge in [-0.1, -0.05) is 19.8 Å². The normalized spacial score (nSPS) is 21.4. The molecule has 0 aromatic heterocycles. The van der Waals surface area contributed by atoms with Crippen molar-refractivity contribution in [3.63, 3.8) is 0 Å². The van der Waals surface area contributed by atoms with Crippen LogP contribution in [0.15, 0.2) is 0 Å². The van der Waals surface area contributed by atoms with Gasteiger partial charge in [-0.2, -0.15) is 13.2 Å². The lowest BCUT2D eigenvalue weighted by Crippen LogP contribution is -2.40. The van der Waals surface area contributed by atoms with Crippen molar-refractivity contribution in [3.8, 4) is 0 Å². The quantitative estimate of drug-likeness (QED) is 0.690. The van der Waals surface area contributed by atoms with Crippen molar-refractivity contribution in [3.05, 3.63) is 0 Å². The Hall–Kier alpha value is -0.250. The summed E-state index contributed by atoms with van der Waals surface area (Å²) >= 11 is 0. The van der Waals surface area contributed by atoms with Crippen LogP contribution >= 0.6 is 0 Å². The summed E-state index contributed by atoms with van der Waals surface area (Å²) in [6, 6.07) is 0. The van der Waals surface area contributed by atoms with E-state index in [0.29, 0.717) is 19.0 Å². The van der Waals surface area contributed by atoms with E-state index in [0.717, 1.165) is 19.3 Å². The van der Waals surface area contributed by atoms with Crippen LogP contribution in [-0.4, -0.2) is 30.7 Å². The Bertz CT molecular complexity index is 159. The lowest BCUT2D eigenvalue weighted by Gasteiger charge is -2.32. The number of alkyl halides is 3. The largest absolute Gasteiger partial charge is 0.401 e. The fraction of sp³-hybridized carbons (Fsp3) is 1.00. The van der Waals surface area contributed by atoms with Crippen molar-refractivity contribution in [1.82, 2.24) is 4.90 Å². The van der Waals surface area contributed by atoms with Gasteiger partial charge in [0.05, 0.1) is 6.54 Å². The average molecular weight is 209 g/mol. The predicted octanol–water partition coefficient (Wildman–Crippen LogP) is 3.06. The number of hydrogen-bond donors (Lipinski definition) is 0. The van der Waals surface area contributed by atoms with Gasteiger partial charge >= 0.3 is 6.18 Å². The molecule has 1 fully saturated rings. The van der Waals surface area contributed by atoms with E-state index in [-0.39, 0.29) is 0 Å². The molecule has 1 saturated heterocycles. The van der Waals surface area contributed by atoms with E-state index < -0.39 is 12.7 Å². The van der Waals surface area contributed by atoms with Gasteiger partial charge in [-0.15, -0.1) is 0 Å². The first kappa shape index (κ1) is 11.8. The molecule has 1 aliphatic rings. The highest BCUT2D eigenvalue weighted by Gasteiger charge is 2.32. The van der Waals surface area contributed by atoms with E-state index in [1.165, 1.54) is 11.3 Å². The summed E-state index contributed by atoms with van der Waals surface area (Å²) in [5.41, 5.74) is 0. The van der Waals surface area contributed by atoms with E-state index >= 15 is 0 Å². The van der Waals surface area contributed by atoms with Crippen molar-refractivity contribution < 1.29 is 13.2 Å². The van der Waals surface area contributed by atoms with Gasteiger partial charge < -0.3 is 0 Å². The fourth-order valence-corrected chi connectivity index (χ4v) is 2.10. The SMILES string of the molecule is CCCC1CCN(CC(F)(F)F)CC1. The molecule has 0 aliphatic carbocycles. The van der Waals surface area contributed by atoms with Crippen molar-refractivity contribution in [1.29, 1.82) is 0 Å². The molecule has 0 bridgehead atoms. The molecule has 0 N–H and O–H groups in total. The minimum Gasteiger partial charge on any atom is -0.295 e. The molecule has 84 valence electrons. The molecule has 0 atom stereocenters. The van der Waals surface area contributed by atoms with Crippen LogP contribution in [0.1, 0.15) is 32.6 Å². The van der Waals surface area contributed by atoms with Gasteiger partial charge in [0.15, 0.2) is 0 Å². The van der Waals surface area contributed by atoms with Gasteiger partial charge in [-0.3, -0.25) is 4.90 Å². The van der Waals surface area contributed by atoms with E-state index in [1.807, 2.05) is 0 Å². The molecular formula is C10H18F3N. The third kappa shape index (κ3) is 4.31. The van der Waals surface area contributed by atoms with E-state index in [1.54, 1.807) is 0 Å². The van der Waals surface area contributed by atoms with E-state index in [2.05, 4.69) is 6.92 Å². The molecule has 1 aliphatic heterocycles. The van der Waals surface area contributed by atoms with Gasteiger partial charge in [0.2, 0.25) is 0 Å². The molecule has 0 unspecified atom stereocenters. The van der Waals surface area contributed by atoms with E-state index in [4.69, 9.17) is 0 Å². The minimum absolute atomic E-state index is 0.615. The predicted molar refractivity (Wildman–Crippen MR) is 50.1 cm³/mol. The number of nitrogens with zero attached hydrogens (tertiary/aromatic N) is 1. The Balaban J connectivity index is 2.22. The molecule has 1 heterocycles. The Labute approximate surface area is 83.3 Å². The standard InChI is InChI=1S/C10H18F3N/c1-2-3-9-4-6-14(7-5-9)8-10(11,12)13/h9H,2-8H2,1H3. The third-order valence-corrected chi connectivity index (χ3v) is 2.81. The van der Waals surface area contributed by atoms with Gasteiger partial charge in [0.25, 0.3) is 0 Å². The summed E-state index contributed by atoms with van der Waals surface area (Å²) in [6.07, 6.45) is 0.148. The zero-order valence-corrected chi connectivity index (χ0v) is 8.61. The molecule has 0 saturated carbocycles. The van der Waals surface area contributed by atoms with Crippen molar-refractivity contribution in [2.75, 3.05) is 19.6 Å². The molecule has 4 heteroatoms. The highest BCUT2D eigenvalue weighted by atomic mass is 19.4. The zero-order chi connectivity index (χ0) is 10.6. The Morgan fingerprint density at radius 3 is 2.21 bits per heavy atom. The third-order valence-electron chi connectivity index (χ3n) is 2.81. The average Bonchev–Trinajstić information content (AvgIpc) is 2.06. The Kier molecular flexibility index (Phi) is 4.23. The van der Waals surface area contributed by atoms with Crippen molar-refractivity contribution in [2.24, 2.45) is 5.92 Å². The topological polar surface area (TPSA) is 3.24 Å². The van der Waals surface area contributed by atoms with Crippen LogP contribution in [-0.2, 0) is 0 Å². The smallest absolute Gasteiger partial charge is 0.295 e. The van der Waals surface area contributed by atoms with Crippen LogP contribution in [0.4, 0.5) is 13.2 Å². The molecule has 0 amide bonds. The van der Waals surface area contributed by atoms with Gasteiger partial charge in [-0.05, 0) is 31.8 Å². The van der Waals surface area contributed by atoms with Crippen LogP contribution in [0.2, 0.25) is 0 Å². The summed E-state index contributed by atoms with van der Waals surface area (Å²) in [5.74, 6) is 0.657. The number of likely N-dealkylation sites (tertiary alicyclic amines) is 1. The summed E-state index contributed by atoms with van der Waals surface area (Å²) in [7, 11) is 0. The number of rotatable bonds is 3. The first-order valence-electron chi connectivity index (χ1n) is 5.30. The second-order valence-electron chi connectivity index (χ2n) is 4.12. The lowest BCUT2D eigenvalue weighted by atomic mass is 9.92. The van der Waals surface area contributed by atoms with E-state index in [9.17, 15) is 13.2 Å². The second kappa shape index (κ2) is 5.01. The summed E-state index contributed by atoms with van der Waals surface area (Å²) in [5, 5.41) is 0. The zero-order valence-electron chi connectivity index (χ0n) is 8.61. The summed E-state index contributed by atoms with van der Waals surface area (Å²) in [4.78, 5) is 1.52. The maximum absolute atomic E-state index is 12.0. The lowest BCUT2D eigenvalue weighted by molar-refractivity contribution is -0.148. The molecule has 1 rings (SSSR count). The fourth-order valence-electron chi connectivity index (χ4n) is 2.10. The van der Waals surface area contributed by atoms with Crippen molar-refractivity contribution in [2.45, 2.75) is 38.8 Å². The van der Waals surface area contributed by atoms with Crippen molar-refractivity contribution >= 4 is 0 Å². The summed E-state index contributed by atoms with van der Waals surface area (Å²) < 4.78 is 36.1. The first-order valence-corrected chi connectivity index (χ1v) is 5.30. The van der Waals surface area contributed by atoms with Gasteiger partial charge in [-0.25, -0.2) is 0 Å². The van der Waals surface area contributed by atoms with Crippen LogP contribution < -0.4 is 0 Å². The Morgan fingerprint density at radius 2 is 1.79 bits per heavy atom. The highest BCUT2D eigenvalue weighted by Crippen LogP contribution is 2.24. The molecule has 1 nitrogen and oxygen atoms in total. The van der Waals surface area contributed by atoms with Crippen LogP contribution in [0.3, 0.4) is 0 Å². The molecule has 0 aromatic carbocycles. The Morgan fingerprint density at radius 1 is 1.21 bits per heavy atom. The second-order valence-corrected chi connectivity index (χ2v) is 4.12. The van der Waals surface area contributed by atoms with Crippen LogP contribution in [0.5, 0.6) is 0 Å². The number of piperidine rings is 1. The van der Waals surface area contributed by atoms with Gasteiger partial charge in [0, 0.05) is 0 Å². The molecule has 0 spiro atoms. The number of halogens is 3.